The lowest BCUT2D eigenvalue weighted by molar-refractivity contribution is 0.262. The van der Waals surface area contributed by atoms with Gasteiger partial charge in [0.2, 0.25) is 0 Å². The van der Waals surface area contributed by atoms with Crippen molar-refractivity contribution in [3.63, 3.8) is 0 Å². The number of rotatable bonds is 3. The molecule has 0 aliphatic heterocycles. The van der Waals surface area contributed by atoms with Gasteiger partial charge in [-0.05, 0) is 29.8 Å². The third kappa shape index (κ3) is 3.71. The number of hydrogen-bond acceptors (Lipinski definition) is 2. The molecule has 0 aromatic heterocycles. The number of carbonyl (C=O) groups excluding carboxylic acids is 1. The Morgan fingerprint density at radius 3 is 2.63 bits per heavy atom. The molecule has 98 valence electrons. The van der Waals surface area contributed by atoms with E-state index < -0.39 is 0 Å². The van der Waals surface area contributed by atoms with E-state index in [2.05, 4.69) is 10.6 Å². The number of para-hydroxylation sites is 1. The summed E-state index contributed by atoms with van der Waals surface area (Å²) in [6.07, 6.45) is 0. The SMILES string of the molecule is O=C(Nc1cccc(CO)c1)Nc1ccccc1Cl. The number of nitrogens with one attached hydrogen (secondary N) is 2. The first kappa shape index (κ1) is 13.4. The summed E-state index contributed by atoms with van der Waals surface area (Å²) in [5, 5.41) is 14.8. The summed E-state index contributed by atoms with van der Waals surface area (Å²) in [6, 6.07) is 13.6. The summed E-state index contributed by atoms with van der Waals surface area (Å²) in [4.78, 5) is 11.8. The summed E-state index contributed by atoms with van der Waals surface area (Å²) in [6.45, 7) is -0.0678. The van der Waals surface area contributed by atoms with Crippen molar-refractivity contribution in [3.8, 4) is 0 Å². The summed E-state index contributed by atoms with van der Waals surface area (Å²) < 4.78 is 0. The van der Waals surface area contributed by atoms with Gasteiger partial charge in [-0.2, -0.15) is 0 Å². The van der Waals surface area contributed by atoms with Crippen molar-refractivity contribution in [2.75, 3.05) is 10.6 Å². The molecule has 0 saturated carbocycles. The maximum atomic E-state index is 11.8. The molecule has 0 aliphatic carbocycles. The molecule has 2 aromatic rings. The van der Waals surface area contributed by atoms with Crippen molar-refractivity contribution < 1.29 is 9.90 Å². The average Bonchev–Trinajstić information content (AvgIpc) is 2.41. The van der Waals surface area contributed by atoms with E-state index in [4.69, 9.17) is 16.7 Å². The molecular formula is C14H13ClN2O2. The van der Waals surface area contributed by atoms with Crippen molar-refractivity contribution in [1.82, 2.24) is 0 Å². The zero-order valence-electron chi connectivity index (χ0n) is 10.1. The molecule has 19 heavy (non-hydrogen) atoms. The minimum Gasteiger partial charge on any atom is -0.392 e. The van der Waals surface area contributed by atoms with Gasteiger partial charge in [-0.1, -0.05) is 35.9 Å². The van der Waals surface area contributed by atoms with Gasteiger partial charge in [-0.3, -0.25) is 0 Å². The van der Waals surface area contributed by atoms with E-state index >= 15 is 0 Å². The predicted octanol–water partition coefficient (Wildman–Crippen LogP) is 3.48. The number of benzene rings is 2. The van der Waals surface area contributed by atoms with Crippen molar-refractivity contribution in [2.45, 2.75) is 6.61 Å². The smallest absolute Gasteiger partial charge is 0.323 e. The fourth-order valence-electron chi connectivity index (χ4n) is 1.59. The molecule has 4 nitrogen and oxygen atoms in total. The van der Waals surface area contributed by atoms with E-state index in [1.54, 1.807) is 48.5 Å². The Morgan fingerprint density at radius 2 is 1.89 bits per heavy atom. The number of aliphatic hydroxyl groups excluding tert-OH is 1. The summed E-state index contributed by atoms with van der Waals surface area (Å²) in [5.74, 6) is 0. The highest BCUT2D eigenvalue weighted by atomic mass is 35.5. The molecular weight excluding hydrogens is 264 g/mol. The minimum atomic E-state index is -0.386. The molecule has 0 saturated heterocycles. The van der Waals surface area contributed by atoms with Crippen LogP contribution in [0.2, 0.25) is 5.02 Å². The van der Waals surface area contributed by atoms with Gasteiger partial charge in [0.05, 0.1) is 17.3 Å². The lowest BCUT2D eigenvalue weighted by Gasteiger charge is -2.09. The van der Waals surface area contributed by atoms with E-state index in [0.717, 1.165) is 5.56 Å². The Bertz CT molecular complexity index is 587. The monoisotopic (exact) mass is 276 g/mol. The Kier molecular flexibility index (Phi) is 4.39. The van der Waals surface area contributed by atoms with Crippen LogP contribution in [0.25, 0.3) is 0 Å². The highest BCUT2D eigenvalue weighted by molar-refractivity contribution is 6.33. The number of urea groups is 1. The van der Waals surface area contributed by atoms with Crippen molar-refractivity contribution in [3.05, 3.63) is 59.1 Å². The number of carbonyl (C=O) groups is 1. The van der Waals surface area contributed by atoms with Gasteiger partial charge >= 0.3 is 6.03 Å². The average molecular weight is 277 g/mol. The van der Waals surface area contributed by atoms with E-state index in [-0.39, 0.29) is 12.6 Å². The van der Waals surface area contributed by atoms with Gasteiger partial charge in [0.25, 0.3) is 0 Å². The van der Waals surface area contributed by atoms with Crippen LogP contribution in [0.4, 0.5) is 16.2 Å². The van der Waals surface area contributed by atoms with Gasteiger partial charge in [0, 0.05) is 5.69 Å². The number of aliphatic hydroxyl groups is 1. The highest BCUT2D eigenvalue weighted by Gasteiger charge is 2.05. The van der Waals surface area contributed by atoms with Crippen LogP contribution in [-0.2, 0) is 6.61 Å². The summed E-state index contributed by atoms with van der Waals surface area (Å²) in [5.41, 5.74) is 1.88. The van der Waals surface area contributed by atoms with E-state index in [9.17, 15) is 4.79 Å². The first-order valence-electron chi connectivity index (χ1n) is 5.71. The maximum absolute atomic E-state index is 11.8. The second-order valence-corrected chi connectivity index (χ2v) is 4.32. The molecule has 0 spiro atoms. The summed E-state index contributed by atoms with van der Waals surface area (Å²) >= 11 is 5.94. The predicted molar refractivity (Wildman–Crippen MR) is 76.5 cm³/mol. The van der Waals surface area contributed by atoms with Crippen LogP contribution in [0, 0.1) is 0 Å². The van der Waals surface area contributed by atoms with Crippen LogP contribution in [0.15, 0.2) is 48.5 Å². The van der Waals surface area contributed by atoms with Crippen LogP contribution < -0.4 is 10.6 Å². The fraction of sp³-hybridized carbons (Fsp3) is 0.0714. The molecule has 0 atom stereocenters. The summed E-state index contributed by atoms with van der Waals surface area (Å²) in [7, 11) is 0. The molecule has 0 bridgehead atoms. The third-order valence-electron chi connectivity index (χ3n) is 2.49. The van der Waals surface area contributed by atoms with Crippen molar-refractivity contribution >= 4 is 29.0 Å². The quantitative estimate of drug-likeness (QED) is 0.804. The number of amides is 2. The second kappa shape index (κ2) is 6.22. The second-order valence-electron chi connectivity index (χ2n) is 3.92. The zero-order valence-corrected chi connectivity index (χ0v) is 10.8. The van der Waals surface area contributed by atoms with Gasteiger partial charge in [-0.15, -0.1) is 0 Å². The van der Waals surface area contributed by atoms with Crippen LogP contribution in [0.1, 0.15) is 5.56 Å². The van der Waals surface area contributed by atoms with Gasteiger partial charge < -0.3 is 15.7 Å². The first-order chi connectivity index (χ1) is 9.19. The van der Waals surface area contributed by atoms with Crippen LogP contribution in [0.5, 0.6) is 0 Å². The van der Waals surface area contributed by atoms with Crippen molar-refractivity contribution in [1.29, 1.82) is 0 Å². The highest BCUT2D eigenvalue weighted by Crippen LogP contribution is 2.20. The molecule has 2 aromatic carbocycles. The first-order valence-corrected chi connectivity index (χ1v) is 6.09. The van der Waals surface area contributed by atoms with Gasteiger partial charge in [0.15, 0.2) is 0 Å². The molecule has 2 rings (SSSR count). The maximum Gasteiger partial charge on any atom is 0.323 e. The molecule has 0 aliphatic rings. The van der Waals surface area contributed by atoms with Crippen LogP contribution in [-0.4, -0.2) is 11.1 Å². The number of anilines is 2. The van der Waals surface area contributed by atoms with Crippen molar-refractivity contribution in [2.24, 2.45) is 0 Å². The molecule has 0 heterocycles. The van der Waals surface area contributed by atoms with E-state index in [0.29, 0.717) is 16.4 Å². The van der Waals surface area contributed by atoms with E-state index in [1.165, 1.54) is 0 Å². The number of halogens is 1. The fourth-order valence-corrected chi connectivity index (χ4v) is 1.78. The normalized spacial score (nSPS) is 10.0. The van der Waals surface area contributed by atoms with Gasteiger partial charge in [0.1, 0.15) is 0 Å². The lowest BCUT2D eigenvalue weighted by atomic mass is 10.2. The third-order valence-corrected chi connectivity index (χ3v) is 2.82. The molecule has 0 radical (unpaired) electrons. The van der Waals surface area contributed by atoms with Gasteiger partial charge in [-0.25, -0.2) is 4.79 Å². The molecule has 5 heteroatoms. The molecule has 0 fully saturated rings. The topological polar surface area (TPSA) is 61.4 Å². The Labute approximate surface area is 116 Å². The Hall–Kier alpha value is -2.04. The molecule has 2 amide bonds. The standard InChI is InChI=1S/C14H13ClN2O2/c15-12-6-1-2-7-13(12)17-14(19)16-11-5-3-4-10(8-11)9-18/h1-8,18H,9H2,(H2,16,17,19). The minimum absolute atomic E-state index is 0.0678. The largest absolute Gasteiger partial charge is 0.392 e. The lowest BCUT2D eigenvalue weighted by Crippen LogP contribution is -2.19. The Morgan fingerprint density at radius 1 is 1.11 bits per heavy atom. The molecule has 0 unspecified atom stereocenters. The number of hydrogen-bond donors (Lipinski definition) is 3. The van der Waals surface area contributed by atoms with E-state index in [1.807, 2.05) is 0 Å². The molecule has 3 N–H and O–H groups in total. The zero-order chi connectivity index (χ0) is 13.7. The van der Waals surface area contributed by atoms with Crippen LogP contribution in [0.3, 0.4) is 0 Å². The Balaban J connectivity index is 2.03. The van der Waals surface area contributed by atoms with Crippen LogP contribution >= 0.6 is 11.6 Å².